The van der Waals surface area contributed by atoms with E-state index < -0.39 is 0 Å². The minimum atomic E-state index is -0.283. The molecule has 3 rings (SSSR count). The molecular weight excluding hydrogens is 367 g/mol. The summed E-state index contributed by atoms with van der Waals surface area (Å²) < 4.78 is 0. The molecule has 2 aromatic carbocycles. The lowest BCUT2D eigenvalue weighted by molar-refractivity contribution is -0.114. The summed E-state index contributed by atoms with van der Waals surface area (Å²) in [5, 5.41) is 3.50. The Morgan fingerprint density at radius 2 is 1.50 bits per heavy atom. The standard InChI is InChI=1S/C21H26N2O.2ClH/c24-18-21(20-9-5-2-6-10-20)11-14-23(15-12-21)16-13-22-17-19-7-3-1-4-8-19;;/h1-10,18,22H,11-17H2;2*1H. The second-order valence-corrected chi connectivity index (χ2v) is 6.64. The lowest BCUT2D eigenvalue weighted by Gasteiger charge is -2.38. The number of likely N-dealkylation sites (tertiary alicyclic amines) is 1. The number of aldehydes is 1. The van der Waals surface area contributed by atoms with Crippen LogP contribution in [0.25, 0.3) is 0 Å². The first kappa shape index (κ1) is 22.7. The van der Waals surface area contributed by atoms with Crippen LogP contribution in [-0.4, -0.2) is 37.4 Å². The summed E-state index contributed by atoms with van der Waals surface area (Å²) in [5.41, 5.74) is 2.21. The molecule has 0 saturated carbocycles. The van der Waals surface area contributed by atoms with E-state index in [2.05, 4.69) is 46.6 Å². The number of hydrogen-bond acceptors (Lipinski definition) is 3. The summed E-state index contributed by atoms with van der Waals surface area (Å²) in [4.78, 5) is 14.2. The first-order valence-electron chi connectivity index (χ1n) is 8.81. The van der Waals surface area contributed by atoms with Crippen LogP contribution in [0.1, 0.15) is 24.0 Å². The normalized spacial score (nSPS) is 16.2. The van der Waals surface area contributed by atoms with Crippen molar-refractivity contribution in [3.63, 3.8) is 0 Å². The van der Waals surface area contributed by atoms with Crippen LogP contribution < -0.4 is 5.32 Å². The van der Waals surface area contributed by atoms with Gasteiger partial charge < -0.3 is 15.0 Å². The molecule has 1 N–H and O–H groups in total. The molecule has 142 valence electrons. The van der Waals surface area contributed by atoms with E-state index in [-0.39, 0.29) is 30.2 Å². The summed E-state index contributed by atoms with van der Waals surface area (Å²) in [6, 6.07) is 20.7. The number of nitrogens with one attached hydrogen (secondary N) is 1. The fraction of sp³-hybridized carbons (Fsp3) is 0.381. The van der Waals surface area contributed by atoms with Crippen molar-refractivity contribution in [3.05, 3.63) is 71.8 Å². The molecular formula is C21H28Cl2N2O. The molecule has 3 nitrogen and oxygen atoms in total. The molecule has 0 spiro atoms. The van der Waals surface area contributed by atoms with Gasteiger partial charge in [-0.05, 0) is 37.1 Å². The first-order chi connectivity index (χ1) is 11.8. The number of carbonyl (C=O) groups is 1. The summed E-state index contributed by atoms with van der Waals surface area (Å²) in [5.74, 6) is 0. The summed E-state index contributed by atoms with van der Waals surface area (Å²) in [6.07, 6.45) is 3.01. The lowest BCUT2D eigenvalue weighted by Crippen LogP contribution is -2.45. The molecule has 1 saturated heterocycles. The third-order valence-corrected chi connectivity index (χ3v) is 5.10. The first-order valence-corrected chi connectivity index (χ1v) is 8.81. The van der Waals surface area contributed by atoms with Gasteiger partial charge in [0.05, 0.1) is 5.41 Å². The zero-order valence-corrected chi connectivity index (χ0v) is 16.6. The van der Waals surface area contributed by atoms with Crippen molar-refractivity contribution in [2.75, 3.05) is 26.2 Å². The molecule has 0 bridgehead atoms. The quantitative estimate of drug-likeness (QED) is 0.571. The Balaban J connectivity index is 0.00000169. The van der Waals surface area contributed by atoms with Crippen molar-refractivity contribution in [1.29, 1.82) is 0 Å². The van der Waals surface area contributed by atoms with E-state index in [9.17, 15) is 4.79 Å². The largest absolute Gasteiger partial charge is 0.311 e. The van der Waals surface area contributed by atoms with Crippen LogP contribution in [0.3, 0.4) is 0 Å². The zero-order valence-electron chi connectivity index (χ0n) is 15.0. The van der Waals surface area contributed by atoms with E-state index in [1.54, 1.807) is 0 Å². The molecule has 0 aromatic heterocycles. The van der Waals surface area contributed by atoms with Crippen LogP contribution >= 0.6 is 24.8 Å². The molecule has 1 aliphatic rings. The van der Waals surface area contributed by atoms with Crippen molar-refractivity contribution in [2.45, 2.75) is 24.8 Å². The van der Waals surface area contributed by atoms with Crippen molar-refractivity contribution >= 4 is 31.1 Å². The van der Waals surface area contributed by atoms with Gasteiger partial charge in [-0.3, -0.25) is 0 Å². The van der Waals surface area contributed by atoms with Gasteiger partial charge >= 0.3 is 0 Å². The van der Waals surface area contributed by atoms with Crippen LogP contribution in [0.2, 0.25) is 0 Å². The van der Waals surface area contributed by atoms with Gasteiger partial charge in [-0.25, -0.2) is 0 Å². The van der Waals surface area contributed by atoms with E-state index in [1.807, 2.05) is 24.3 Å². The smallest absolute Gasteiger partial charge is 0.130 e. The predicted molar refractivity (Wildman–Crippen MR) is 113 cm³/mol. The van der Waals surface area contributed by atoms with Gasteiger partial charge in [-0.1, -0.05) is 60.7 Å². The van der Waals surface area contributed by atoms with Gasteiger partial charge in [-0.2, -0.15) is 0 Å². The zero-order chi connectivity index (χ0) is 16.7. The number of carbonyl (C=O) groups excluding carboxylic acids is 1. The number of nitrogens with zero attached hydrogens (tertiary/aromatic N) is 1. The SMILES string of the molecule is Cl.Cl.O=CC1(c2ccccc2)CCN(CCNCc2ccccc2)CC1. The van der Waals surface area contributed by atoms with Crippen LogP contribution in [0.5, 0.6) is 0 Å². The average Bonchev–Trinajstić information content (AvgIpc) is 2.67. The number of benzene rings is 2. The molecule has 5 heteroatoms. The van der Waals surface area contributed by atoms with Gasteiger partial charge in [0.2, 0.25) is 0 Å². The van der Waals surface area contributed by atoms with E-state index in [1.165, 1.54) is 17.4 Å². The maximum atomic E-state index is 11.8. The van der Waals surface area contributed by atoms with Crippen molar-refractivity contribution < 1.29 is 4.79 Å². The number of halogens is 2. The fourth-order valence-corrected chi connectivity index (χ4v) is 3.49. The van der Waals surface area contributed by atoms with Gasteiger partial charge in [0.25, 0.3) is 0 Å². The van der Waals surface area contributed by atoms with Gasteiger partial charge in [0.15, 0.2) is 0 Å². The second-order valence-electron chi connectivity index (χ2n) is 6.64. The van der Waals surface area contributed by atoms with E-state index in [0.29, 0.717) is 0 Å². The molecule has 1 heterocycles. The van der Waals surface area contributed by atoms with E-state index in [4.69, 9.17) is 0 Å². The Labute approximate surface area is 169 Å². The Kier molecular flexibility index (Phi) is 9.89. The Morgan fingerprint density at radius 1 is 0.923 bits per heavy atom. The fourth-order valence-electron chi connectivity index (χ4n) is 3.49. The number of rotatable bonds is 7. The minimum Gasteiger partial charge on any atom is -0.311 e. The van der Waals surface area contributed by atoms with E-state index in [0.717, 1.165) is 45.6 Å². The number of piperidine rings is 1. The molecule has 1 fully saturated rings. The molecule has 0 atom stereocenters. The Hall–Kier alpha value is -1.39. The van der Waals surface area contributed by atoms with Gasteiger partial charge in [0.1, 0.15) is 6.29 Å². The van der Waals surface area contributed by atoms with Crippen molar-refractivity contribution in [2.24, 2.45) is 0 Å². The minimum absolute atomic E-state index is 0. The molecule has 1 aliphatic heterocycles. The average molecular weight is 395 g/mol. The topological polar surface area (TPSA) is 32.3 Å². The molecule has 0 unspecified atom stereocenters. The van der Waals surface area contributed by atoms with Gasteiger partial charge in [-0.15, -0.1) is 24.8 Å². The second kappa shape index (κ2) is 11.3. The van der Waals surface area contributed by atoms with E-state index >= 15 is 0 Å². The third-order valence-electron chi connectivity index (χ3n) is 5.10. The number of hydrogen-bond donors (Lipinski definition) is 1. The molecule has 0 radical (unpaired) electrons. The highest BCUT2D eigenvalue weighted by molar-refractivity contribution is 5.85. The van der Waals surface area contributed by atoms with Gasteiger partial charge in [0, 0.05) is 19.6 Å². The highest BCUT2D eigenvalue weighted by atomic mass is 35.5. The summed E-state index contributed by atoms with van der Waals surface area (Å²) >= 11 is 0. The van der Waals surface area contributed by atoms with Crippen LogP contribution in [-0.2, 0) is 16.8 Å². The van der Waals surface area contributed by atoms with Crippen LogP contribution in [0, 0.1) is 0 Å². The van der Waals surface area contributed by atoms with Crippen molar-refractivity contribution in [3.8, 4) is 0 Å². The highest BCUT2D eigenvalue weighted by Gasteiger charge is 2.35. The van der Waals surface area contributed by atoms with Crippen LogP contribution in [0.15, 0.2) is 60.7 Å². The summed E-state index contributed by atoms with van der Waals surface area (Å²) in [7, 11) is 0. The lowest BCUT2D eigenvalue weighted by atomic mass is 9.74. The Morgan fingerprint density at radius 3 is 2.08 bits per heavy atom. The monoisotopic (exact) mass is 394 g/mol. The Bertz CT molecular complexity index is 629. The van der Waals surface area contributed by atoms with Crippen LogP contribution in [0.4, 0.5) is 0 Å². The molecule has 26 heavy (non-hydrogen) atoms. The van der Waals surface area contributed by atoms with Crippen molar-refractivity contribution in [1.82, 2.24) is 10.2 Å². The predicted octanol–water partition coefficient (Wildman–Crippen LogP) is 3.85. The summed E-state index contributed by atoms with van der Waals surface area (Å²) in [6.45, 7) is 4.91. The highest BCUT2D eigenvalue weighted by Crippen LogP contribution is 2.33. The molecule has 0 aliphatic carbocycles. The maximum absolute atomic E-state index is 11.8. The maximum Gasteiger partial charge on any atom is 0.130 e. The third kappa shape index (κ3) is 5.82. The molecule has 0 amide bonds. The molecule has 2 aromatic rings.